The summed E-state index contributed by atoms with van der Waals surface area (Å²) >= 11 is 0. The Hall–Kier alpha value is -1.79. The van der Waals surface area contributed by atoms with Gasteiger partial charge in [0.15, 0.2) is 0 Å². The van der Waals surface area contributed by atoms with Crippen LogP contribution in [-0.2, 0) is 9.59 Å². The summed E-state index contributed by atoms with van der Waals surface area (Å²) in [6.07, 6.45) is 0.499. The van der Waals surface area contributed by atoms with E-state index in [0.29, 0.717) is 19.5 Å². The number of nitrogens with one attached hydrogen (secondary N) is 2. The Labute approximate surface area is 112 Å². The molecule has 0 aromatic rings. The van der Waals surface area contributed by atoms with Crippen molar-refractivity contribution < 1.29 is 19.5 Å². The van der Waals surface area contributed by atoms with Gasteiger partial charge in [0, 0.05) is 13.1 Å². The number of piperazine rings is 1. The highest BCUT2D eigenvalue weighted by molar-refractivity contribution is 5.89. The molecule has 0 saturated carbocycles. The van der Waals surface area contributed by atoms with Crippen molar-refractivity contribution in [2.75, 3.05) is 13.1 Å². The lowest BCUT2D eigenvalue weighted by molar-refractivity contribution is -0.140. The van der Waals surface area contributed by atoms with Crippen LogP contribution >= 0.6 is 0 Å². The van der Waals surface area contributed by atoms with E-state index < -0.39 is 24.1 Å². The van der Waals surface area contributed by atoms with Crippen LogP contribution in [0.25, 0.3) is 0 Å². The molecule has 7 heteroatoms. The second kappa shape index (κ2) is 6.40. The molecule has 3 N–H and O–H groups in total. The van der Waals surface area contributed by atoms with Gasteiger partial charge in [0.05, 0.1) is 0 Å². The third-order valence-corrected chi connectivity index (χ3v) is 3.19. The minimum Gasteiger partial charge on any atom is -0.480 e. The Morgan fingerprint density at radius 3 is 2.63 bits per heavy atom. The van der Waals surface area contributed by atoms with Crippen molar-refractivity contribution in [3.8, 4) is 0 Å². The first-order valence-corrected chi connectivity index (χ1v) is 6.46. The van der Waals surface area contributed by atoms with Gasteiger partial charge in [-0.15, -0.1) is 0 Å². The van der Waals surface area contributed by atoms with Gasteiger partial charge in [-0.25, -0.2) is 9.59 Å². The molecule has 0 aromatic heterocycles. The molecule has 0 spiro atoms. The molecule has 2 unspecified atom stereocenters. The molecule has 2 atom stereocenters. The fourth-order valence-electron chi connectivity index (χ4n) is 2.09. The molecule has 7 nitrogen and oxygen atoms in total. The Bertz CT molecular complexity index is 370. The molecule has 1 saturated heterocycles. The summed E-state index contributed by atoms with van der Waals surface area (Å²) in [5, 5.41) is 14.2. The number of hydrogen-bond acceptors (Lipinski definition) is 3. The standard InChI is InChI=1S/C12H21N3O4/c1-4-8-10(16)13-5-6-15(8)12(19)14-9(7(2)3)11(17)18/h7-9H,4-6H2,1-3H3,(H,13,16)(H,14,19)(H,17,18). The van der Waals surface area contributed by atoms with E-state index in [-0.39, 0.29) is 11.8 Å². The van der Waals surface area contributed by atoms with Crippen molar-refractivity contribution in [1.82, 2.24) is 15.5 Å². The van der Waals surface area contributed by atoms with Gasteiger partial charge in [0.1, 0.15) is 12.1 Å². The van der Waals surface area contributed by atoms with Crippen molar-refractivity contribution >= 4 is 17.9 Å². The van der Waals surface area contributed by atoms with E-state index in [4.69, 9.17) is 5.11 Å². The van der Waals surface area contributed by atoms with E-state index >= 15 is 0 Å². The number of hydrogen-bond donors (Lipinski definition) is 3. The summed E-state index contributed by atoms with van der Waals surface area (Å²) in [4.78, 5) is 36.2. The third kappa shape index (κ3) is 3.59. The quantitative estimate of drug-likeness (QED) is 0.671. The van der Waals surface area contributed by atoms with E-state index in [9.17, 15) is 14.4 Å². The molecule has 0 bridgehead atoms. The molecular formula is C12H21N3O4. The van der Waals surface area contributed by atoms with Gasteiger partial charge in [-0.05, 0) is 12.3 Å². The minimum absolute atomic E-state index is 0.194. The summed E-state index contributed by atoms with van der Waals surface area (Å²) in [6, 6.07) is -1.98. The van der Waals surface area contributed by atoms with Crippen LogP contribution in [0.3, 0.4) is 0 Å². The number of aliphatic carboxylic acids is 1. The van der Waals surface area contributed by atoms with Crippen molar-refractivity contribution in [2.45, 2.75) is 39.3 Å². The van der Waals surface area contributed by atoms with Crippen LogP contribution < -0.4 is 10.6 Å². The van der Waals surface area contributed by atoms with Crippen LogP contribution in [0.4, 0.5) is 4.79 Å². The van der Waals surface area contributed by atoms with Gasteiger partial charge in [-0.1, -0.05) is 20.8 Å². The zero-order valence-corrected chi connectivity index (χ0v) is 11.5. The number of carbonyl (C=O) groups excluding carboxylic acids is 2. The number of carboxylic acid groups (broad SMARTS) is 1. The zero-order valence-electron chi connectivity index (χ0n) is 11.5. The fourth-order valence-corrected chi connectivity index (χ4v) is 2.09. The predicted octanol–water partition coefficient (Wildman–Crippen LogP) is 0.0156. The highest BCUT2D eigenvalue weighted by atomic mass is 16.4. The van der Waals surface area contributed by atoms with Crippen molar-refractivity contribution in [3.63, 3.8) is 0 Å². The summed E-state index contributed by atoms with van der Waals surface area (Å²) in [7, 11) is 0. The molecule has 3 amide bonds. The van der Waals surface area contributed by atoms with Crippen molar-refractivity contribution in [3.05, 3.63) is 0 Å². The van der Waals surface area contributed by atoms with Gasteiger partial charge in [0.25, 0.3) is 0 Å². The number of urea groups is 1. The van der Waals surface area contributed by atoms with Crippen molar-refractivity contribution in [2.24, 2.45) is 5.92 Å². The molecule has 1 rings (SSSR count). The topological polar surface area (TPSA) is 98.7 Å². The van der Waals surface area contributed by atoms with Gasteiger partial charge >= 0.3 is 12.0 Å². The van der Waals surface area contributed by atoms with Crippen molar-refractivity contribution in [1.29, 1.82) is 0 Å². The van der Waals surface area contributed by atoms with E-state index in [1.54, 1.807) is 13.8 Å². The molecule has 1 heterocycles. The van der Waals surface area contributed by atoms with E-state index in [1.807, 2.05) is 6.92 Å². The molecule has 19 heavy (non-hydrogen) atoms. The SMILES string of the molecule is CCC1C(=O)NCCN1C(=O)NC(C(=O)O)C(C)C. The predicted molar refractivity (Wildman–Crippen MR) is 68.6 cm³/mol. The number of rotatable bonds is 4. The second-order valence-corrected chi connectivity index (χ2v) is 4.92. The first kappa shape index (κ1) is 15.3. The first-order chi connectivity index (χ1) is 8.88. The molecule has 0 aromatic carbocycles. The second-order valence-electron chi connectivity index (χ2n) is 4.92. The van der Waals surface area contributed by atoms with Crippen LogP contribution in [0.1, 0.15) is 27.2 Å². The summed E-state index contributed by atoms with van der Waals surface area (Å²) in [5.74, 6) is -1.49. The summed E-state index contributed by atoms with van der Waals surface area (Å²) in [6.45, 7) is 6.04. The normalized spacial score (nSPS) is 20.9. The van der Waals surface area contributed by atoms with E-state index in [2.05, 4.69) is 10.6 Å². The molecule has 108 valence electrons. The molecule has 1 aliphatic rings. The Balaban J connectivity index is 2.75. The lowest BCUT2D eigenvalue weighted by atomic mass is 10.0. The summed E-state index contributed by atoms with van der Waals surface area (Å²) < 4.78 is 0. The average Bonchev–Trinajstić information content (AvgIpc) is 2.34. The van der Waals surface area contributed by atoms with E-state index in [1.165, 1.54) is 4.90 Å². The lowest BCUT2D eigenvalue weighted by Crippen LogP contribution is -2.61. The van der Waals surface area contributed by atoms with Gasteiger partial charge in [-0.2, -0.15) is 0 Å². The molecule has 0 radical (unpaired) electrons. The Morgan fingerprint density at radius 1 is 1.53 bits per heavy atom. The fraction of sp³-hybridized carbons (Fsp3) is 0.750. The number of amides is 3. The third-order valence-electron chi connectivity index (χ3n) is 3.19. The van der Waals surface area contributed by atoms with Crippen LogP contribution in [0, 0.1) is 5.92 Å². The molecule has 0 aliphatic carbocycles. The highest BCUT2D eigenvalue weighted by Crippen LogP contribution is 2.10. The largest absolute Gasteiger partial charge is 0.480 e. The van der Waals surface area contributed by atoms with Crippen LogP contribution in [0.5, 0.6) is 0 Å². The lowest BCUT2D eigenvalue weighted by Gasteiger charge is -2.35. The smallest absolute Gasteiger partial charge is 0.326 e. The van der Waals surface area contributed by atoms with Crippen LogP contribution in [0.2, 0.25) is 0 Å². The van der Waals surface area contributed by atoms with Gasteiger partial charge in [0.2, 0.25) is 5.91 Å². The Morgan fingerprint density at radius 2 is 2.16 bits per heavy atom. The minimum atomic E-state index is -1.07. The number of carbonyl (C=O) groups is 3. The molecular weight excluding hydrogens is 250 g/mol. The Kier molecular flexibility index (Phi) is 5.14. The summed E-state index contributed by atoms with van der Waals surface area (Å²) in [5.41, 5.74) is 0. The number of carboxylic acids is 1. The maximum atomic E-state index is 12.1. The average molecular weight is 271 g/mol. The monoisotopic (exact) mass is 271 g/mol. The molecule has 1 fully saturated rings. The van der Waals surface area contributed by atoms with E-state index in [0.717, 1.165) is 0 Å². The maximum absolute atomic E-state index is 12.1. The van der Waals surface area contributed by atoms with Gasteiger partial charge in [-0.3, -0.25) is 4.79 Å². The van der Waals surface area contributed by atoms with Crippen LogP contribution in [-0.4, -0.2) is 53.1 Å². The molecule has 1 aliphatic heterocycles. The number of nitrogens with zero attached hydrogens (tertiary/aromatic N) is 1. The zero-order chi connectivity index (χ0) is 14.6. The maximum Gasteiger partial charge on any atom is 0.326 e. The van der Waals surface area contributed by atoms with Crippen LogP contribution in [0.15, 0.2) is 0 Å². The van der Waals surface area contributed by atoms with Gasteiger partial charge < -0.3 is 20.6 Å². The first-order valence-electron chi connectivity index (χ1n) is 6.46. The highest BCUT2D eigenvalue weighted by Gasteiger charge is 2.34.